The van der Waals surface area contributed by atoms with E-state index >= 15 is 0 Å². The van der Waals surface area contributed by atoms with Crippen LogP contribution in [0.1, 0.15) is 75.5 Å². The molecular weight excluding hydrogens is 534 g/mol. The number of halogens is 1. The van der Waals surface area contributed by atoms with E-state index in [0.29, 0.717) is 18.7 Å². The molecule has 38 heavy (non-hydrogen) atoms. The fourth-order valence-electron chi connectivity index (χ4n) is 5.41. The number of fused-ring (bicyclic) bond motifs is 1. The molecule has 4 heteroatoms. The number of hydrogen-bond acceptors (Lipinski definition) is 3. The maximum atomic E-state index is 12.8. The van der Waals surface area contributed by atoms with E-state index in [0.717, 1.165) is 52.2 Å². The number of aromatic nitrogens is 1. The van der Waals surface area contributed by atoms with Gasteiger partial charge in [0, 0.05) is 21.3 Å². The van der Waals surface area contributed by atoms with Gasteiger partial charge in [0.2, 0.25) is 5.88 Å². The van der Waals surface area contributed by atoms with Crippen molar-refractivity contribution < 1.29 is 9.84 Å². The molecule has 1 heterocycles. The van der Waals surface area contributed by atoms with Crippen LogP contribution in [0.2, 0.25) is 0 Å². The summed E-state index contributed by atoms with van der Waals surface area (Å²) in [4.78, 5) is 4.89. The zero-order valence-corrected chi connectivity index (χ0v) is 24.7. The molecule has 3 aromatic carbocycles. The molecule has 0 radical (unpaired) electrons. The van der Waals surface area contributed by atoms with Crippen molar-refractivity contribution in [3.8, 4) is 5.88 Å². The molecule has 1 aromatic heterocycles. The highest BCUT2D eigenvalue weighted by atomic mass is 79.9. The Labute approximate surface area is 236 Å². The van der Waals surface area contributed by atoms with Crippen molar-refractivity contribution in [2.24, 2.45) is 5.41 Å². The Hall–Kier alpha value is -2.69. The molecule has 0 saturated heterocycles. The van der Waals surface area contributed by atoms with E-state index in [1.54, 1.807) is 7.11 Å². The van der Waals surface area contributed by atoms with Crippen molar-refractivity contribution in [2.75, 3.05) is 7.11 Å². The predicted molar refractivity (Wildman–Crippen MR) is 162 cm³/mol. The summed E-state index contributed by atoms with van der Waals surface area (Å²) < 4.78 is 6.89. The minimum Gasteiger partial charge on any atom is -0.481 e. The van der Waals surface area contributed by atoms with Gasteiger partial charge in [0.05, 0.1) is 18.2 Å². The van der Waals surface area contributed by atoms with Gasteiger partial charge in [0.25, 0.3) is 0 Å². The molecule has 0 spiro atoms. The molecule has 200 valence electrons. The largest absolute Gasteiger partial charge is 0.481 e. The summed E-state index contributed by atoms with van der Waals surface area (Å²) in [5.74, 6) is 0.281. The van der Waals surface area contributed by atoms with Crippen LogP contribution < -0.4 is 4.74 Å². The van der Waals surface area contributed by atoms with Crippen LogP contribution in [0.5, 0.6) is 5.88 Å². The van der Waals surface area contributed by atoms with Gasteiger partial charge < -0.3 is 9.84 Å². The van der Waals surface area contributed by atoms with E-state index < -0.39 is 5.60 Å². The number of hydrogen-bond donors (Lipinski definition) is 1. The van der Waals surface area contributed by atoms with E-state index in [2.05, 4.69) is 97.4 Å². The lowest BCUT2D eigenvalue weighted by atomic mass is 9.71. The van der Waals surface area contributed by atoms with Gasteiger partial charge in [-0.3, -0.25) is 0 Å². The molecule has 0 amide bonds. The number of pyridine rings is 1. The van der Waals surface area contributed by atoms with Crippen molar-refractivity contribution in [3.05, 3.63) is 106 Å². The van der Waals surface area contributed by atoms with Crippen LogP contribution in [-0.4, -0.2) is 22.8 Å². The standard InChI is InChI=1S/C34H40BrNO2/c1-5-33(2,3)20-12-21-34(37,22-19-25-13-8-6-9-14-25)31(26-15-10-7-11-16-26)29-24-27-23-28(35)17-18-30(27)36-32(29)38-4/h6-11,13-18,23-24,31,37H,5,12,19-22H2,1-4H3. The highest BCUT2D eigenvalue weighted by molar-refractivity contribution is 9.10. The van der Waals surface area contributed by atoms with Crippen LogP contribution in [0, 0.1) is 5.41 Å². The Morgan fingerprint density at radius 2 is 1.58 bits per heavy atom. The zero-order chi connectivity index (χ0) is 27.2. The number of benzene rings is 3. The van der Waals surface area contributed by atoms with E-state index in [1.165, 1.54) is 5.56 Å². The smallest absolute Gasteiger partial charge is 0.217 e. The summed E-state index contributed by atoms with van der Waals surface area (Å²) >= 11 is 3.62. The highest BCUT2D eigenvalue weighted by Gasteiger charge is 2.40. The second-order valence-corrected chi connectivity index (χ2v) is 12.1. The molecule has 0 aliphatic heterocycles. The van der Waals surface area contributed by atoms with Gasteiger partial charge in [-0.05, 0) is 66.5 Å². The lowest BCUT2D eigenvalue weighted by molar-refractivity contribution is 0.00167. The summed E-state index contributed by atoms with van der Waals surface area (Å²) in [7, 11) is 1.67. The Morgan fingerprint density at radius 3 is 2.24 bits per heavy atom. The van der Waals surface area contributed by atoms with Crippen molar-refractivity contribution in [1.29, 1.82) is 0 Å². The quantitative estimate of drug-likeness (QED) is 0.184. The minimum absolute atomic E-state index is 0.247. The minimum atomic E-state index is -0.990. The van der Waals surface area contributed by atoms with Crippen molar-refractivity contribution in [1.82, 2.24) is 4.98 Å². The number of rotatable bonds is 12. The van der Waals surface area contributed by atoms with Gasteiger partial charge in [0.15, 0.2) is 0 Å². The molecule has 0 aliphatic carbocycles. The summed E-state index contributed by atoms with van der Waals surface area (Å²) in [6, 6.07) is 29.1. The van der Waals surface area contributed by atoms with Gasteiger partial charge in [-0.1, -0.05) is 110 Å². The van der Waals surface area contributed by atoms with E-state index in [9.17, 15) is 5.11 Å². The lowest BCUT2D eigenvalue weighted by Crippen LogP contribution is -2.38. The summed E-state index contributed by atoms with van der Waals surface area (Å²) in [6.07, 6.45) is 5.27. The van der Waals surface area contributed by atoms with Crippen molar-refractivity contribution in [2.45, 2.75) is 70.8 Å². The van der Waals surface area contributed by atoms with Crippen LogP contribution in [0.15, 0.2) is 89.4 Å². The van der Waals surface area contributed by atoms with Crippen LogP contribution in [-0.2, 0) is 6.42 Å². The monoisotopic (exact) mass is 573 g/mol. The molecule has 2 atom stereocenters. The molecule has 2 unspecified atom stereocenters. The molecule has 4 aromatic rings. The Balaban J connectivity index is 1.84. The molecule has 0 aliphatic rings. The Bertz CT molecular complexity index is 1320. The number of methoxy groups -OCH3 is 1. The van der Waals surface area contributed by atoms with Crippen molar-refractivity contribution in [3.63, 3.8) is 0 Å². The second-order valence-electron chi connectivity index (χ2n) is 11.2. The molecule has 3 nitrogen and oxygen atoms in total. The molecule has 4 rings (SSSR count). The molecular formula is C34H40BrNO2. The summed E-state index contributed by atoms with van der Waals surface area (Å²) in [5, 5.41) is 13.8. The van der Waals surface area contributed by atoms with Crippen LogP contribution in [0.25, 0.3) is 10.9 Å². The Morgan fingerprint density at radius 1 is 0.895 bits per heavy atom. The molecule has 0 bridgehead atoms. The normalized spacial score (nSPS) is 14.3. The molecule has 0 fully saturated rings. The van der Waals surface area contributed by atoms with Gasteiger partial charge in [-0.15, -0.1) is 0 Å². The number of aryl methyl sites for hydroxylation is 1. The maximum absolute atomic E-state index is 12.8. The predicted octanol–water partition coefficient (Wildman–Crippen LogP) is 9.11. The average Bonchev–Trinajstić information content (AvgIpc) is 2.93. The van der Waals surface area contributed by atoms with Gasteiger partial charge >= 0.3 is 0 Å². The van der Waals surface area contributed by atoms with Crippen LogP contribution >= 0.6 is 15.9 Å². The molecule has 0 saturated carbocycles. The third-order valence-corrected chi connectivity index (χ3v) is 8.55. The summed E-state index contributed by atoms with van der Waals surface area (Å²) in [6.45, 7) is 6.88. The zero-order valence-electron chi connectivity index (χ0n) is 23.1. The number of aliphatic hydroxyl groups is 1. The SMILES string of the molecule is CCC(C)(C)CCCC(O)(CCc1ccccc1)C(c1ccccc1)c1cc2cc(Br)ccc2nc1OC. The van der Waals surface area contributed by atoms with Gasteiger partial charge in [-0.2, -0.15) is 0 Å². The first kappa shape index (κ1) is 28.3. The van der Waals surface area contributed by atoms with Crippen LogP contribution in [0.3, 0.4) is 0 Å². The maximum Gasteiger partial charge on any atom is 0.217 e. The van der Waals surface area contributed by atoms with Gasteiger partial charge in [0.1, 0.15) is 0 Å². The van der Waals surface area contributed by atoms with E-state index in [1.807, 2.05) is 24.3 Å². The van der Waals surface area contributed by atoms with Crippen molar-refractivity contribution >= 4 is 26.8 Å². The third kappa shape index (κ3) is 6.84. The topological polar surface area (TPSA) is 42.4 Å². The fraction of sp³-hybridized carbons (Fsp3) is 0.382. The third-order valence-electron chi connectivity index (χ3n) is 8.05. The molecule has 1 N–H and O–H groups in total. The van der Waals surface area contributed by atoms with E-state index in [-0.39, 0.29) is 11.3 Å². The first-order valence-electron chi connectivity index (χ1n) is 13.7. The Kier molecular flexibility index (Phi) is 9.27. The highest BCUT2D eigenvalue weighted by Crippen LogP contribution is 2.45. The summed E-state index contributed by atoms with van der Waals surface area (Å²) in [5.41, 5.74) is 3.37. The number of nitrogens with zero attached hydrogens (tertiary/aromatic N) is 1. The lowest BCUT2D eigenvalue weighted by Gasteiger charge is -2.39. The average molecular weight is 575 g/mol. The van der Waals surface area contributed by atoms with E-state index in [4.69, 9.17) is 9.72 Å². The number of ether oxygens (including phenoxy) is 1. The van der Waals surface area contributed by atoms with Crippen LogP contribution in [0.4, 0.5) is 0 Å². The first-order chi connectivity index (χ1) is 18.2. The van der Waals surface area contributed by atoms with Gasteiger partial charge in [-0.25, -0.2) is 4.98 Å². The fourth-order valence-corrected chi connectivity index (χ4v) is 5.79. The second kappa shape index (κ2) is 12.4. The first-order valence-corrected chi connectivity index (χ1v) is 14.5.